The van der Waals surface area contributed by atoms with Crippen molar-refractivity contribution in [2.24, 2.45) is 0 Å². The molecule has 0 saturated carbocycles. The molecule has 4 aromatic carbocycles. The van der Waals surface area contributed by atoms with Gasteiger partial charge in [-0.3, -0.25) is 4.98 Å². The molecule has 0 spiro atoms. The van der Waals surface area contributed by atoms with Crippen LogP contribution in [0.4, 0.5) is 0 Å². The highest BCUT2D eigenvalue weighted by atomic mass is 16.3. The fourth-order valence-electron chi connectivity index (χ4n) is 4.79. The molecule has 3 nitrogen and oxygen atoms in total. The lowest BCUT2D eigenvalue weighted by Gasteiger charge is -2.06. The van der Waals surface area contributed by atoms with Crippen LogP contribution >= 0.6 is 0 Å². The lowest BCUT2D eigenvalue weighted by atomic mass is 9.97. The molecular formula is C31H20N2O. The molecule has 3 heteroatoms. The van der Waals surface area contributed by atoms with Crippen molar-refractivity contribution in [3.8, 4) is 11.3 Å². The Morgan fingerprint density at radius 1 is 0.647 bits per heavy atom. The van der Waals surface area contributed by atoms with Crippen LogP contribution in [0.3, 0.4) is 0 Å². The average molecular weight is 439 g/mol. The van der Waals surface area contributed by atoms with Crippen molar-refractivity contribution >= 4 is 43.6 Å². The number of rotatable bonds is 3. The van der Waals surface area contributed by atoms with Gasteiger partial charge in [-0.15, -0.1) is 0 Å². The van der Waals surface area contributed by atoms with Crippen LogP contribution in [0.25, 0.3) is 54.9 Å². The third-order valence-corrected chi connectivity index (χ3v) is 6.32. The Morgan fingerprint density at radius 3 is 2.18 bits per heavy atom. The van der Waals surface area contributed by atoms with Gasteiger partial charge in [0.1, 0.15) is 5.58 Å². The molecule has 0 amide bonds. The van der Waals surface area contributed by atoms with E-state index in [9.17, 15) is 0 Å². The van der Waals surface area contributed by atoms with Gasteiger partial charge in [0.25, 0.3) is 0 Å². The van der Waals surface area contributed by atoms with Crippen molar-refractivity contribution < 1.29 is 7.16 Å². The maximum Gasteiger partial charge on any atom is 0.227 e. The lowest BCUT2D eigenvalue weighted by Crippen LogP contribution is -1.91. The first-order chi connectivity index (χ1) is 17.6. The van der Waals surface area contributed by atoms with Gasteiger partial charge in [-0.25, -0.2) is 4.98 Å². The Bertz CT molecular complexity index is 1930. The molecule has 0 unspecified atom stereocenters. The van der Waals surface area contributed by atoms with E-state index in [0.717, 1.165) is 38.1 Å². The second kappa shape index (κ2) is 7.53. The molecule has 0 bridgehead atoms. The number of benzene rings is 4. The normalized spacial score (nSPS) is 12.9. The molecule has 0 aliphatic rings. The number of furan rings is 1. The summed E-state index contributed by atoms with van der Waals surface area (Å²) in [4.78, 5) is 9.22. The summed E-state index contributed by atoms with van der Waals surface area (Å²) in [6.45, 7) is 0. The van der Waals surface area contributed by atoms with Gasteiger partial charge < -0.3 is 4.42 Å². The zero-order valence-electron chi connectivity index (χ0n) is 20.2. The van der Waals surface area contributed by atoms with E-state index < -0.39 is 6.37 Å². The number of nitrogens with zero attached hydrogens (tertiary/aromatic N) is 2. The Morgan fingerprint density at radius 2 is 1.35 bits per heavy atom. The summed E-state index contributed by atoms with van der Waals surface area (Å²) >= 11 is 0. The van der Waals surface area contributed by atoms with Crippen LogP contribution < -0.4 is 0 Å². The quantitative estimate of drug-likeness (QED) is 0.263. The number of aromatic nitrogens is 2. The van der Waals surface area contributed by atoms with Crippen LogP contribution in [0, 0.1) is 0 Å². The molecular weight excluding hydrogens is 416 g/mol. The van der Waals surface area contributed by atoms with E-state index in [1.807, 2.05) is 42.5 Å². The van der Waals surface area contributed by atoms with Crippen LogP contribution in [0.5, 0.6) is 0 Å². The first-order valence-electron chi connectivity index (χ1n) is 12.3. The lowest BCUT2D eigenvalue weighted by molar-refractivity contribution is 0.658. The summed E-state index contributed by atoms with van der Waals surface area (Å²) in [6, 6.07) is 31.5. The third kappa shape index (κ3) is 2.98. The molecule has 0 atom stereocenters. The molecule has 0 fully saturated rings. The molecule has 0 N–H and O–H groups in total. The molecule has 160 valence electrons. The first kappa shape index (κ1) is 17.0. The predicted octanol–water partition coefficient (Wildman–Crippen LogP) is 7.94. The van der Waals surface area contributed by atoms with E-state index in [4.69, 9.17) is 7.16 Å². The van der Waals surface area contributed by atoms with Gasteiger partial charge in [0, 0.05) is 36.9 Å². The van der Waals surface area contributed by atoms with Crippen LogP contribution in [0.1, 0.15) is 13.9 Å². The van der Waals surface area contributed by atoms with Crippen LogP contribution in [-0.4, -0.2) is 9.97 Å². The van der Waals surface area contributed by atoms with Crippen LogP contribution in [0.2, 0.25) is 0 Å². The largest absolute Gasteiger partial charge is 0.437 e. The zero-order chi connectivity index (χ0) is 24.3. The summed E-state index contributed by atoms with van der Waals surface area (Å²) < 4.78 is 23.8. The number of hydrogen-bond acceptors (Lipinski definition) is 3. The van der Waals surface area contributed by atoms with Gasteiger partial charge in [0.2, 0.25) is 5.71 Å². The minimum atomic E-state index is -1.64. The highest BCUT2D eigenvalue weighted by Crippen LogP contribution is 2.40. The molecule has 3 heterocycles. The molecule has 34 heavy (non-hydrogen) atoms. The second-order valence-electron chi connectivity index (χ2n) is 8.39. The van der Waals surface area contributed by atoms with Gasteiger partial charge >= 0.3 is 0 Å². The van der Waals surface area contributed by atoms with E-state index in [1.165, 1.54) is 5.39 Å². The van der Waals surface area contributed by atoms with Gasteiger partial charge in [-0.05, 0) is 51.9 Å². The standard InChI is InChI=1S/C31H20N2O/c1-2-8-20(9-3-1)16-21-14-15-32-28(17-21)22-18-27-29-25-12-6-4-10-23(25)24-11-5-7-13-26(24)30(29)34-31(27)33-19-22/h1-15,17-19H,16H2/i16D2. The number of pyridine rings is 2. The zero-order valence-corrected chi connectivity index (χ0v) is 18.2. The topological polar surface area (TPSA) is 38.9 Å². The van der Waals surface area contributed by atoms with E-state index in [-0.39, 0.29) is 0 Å². The third-order valence-electron chi connectivity index (χ3n) is 6.32. The summed E-state index contributed by atoms with van der Waals surface area (Å²) in [6.07, 6.45) is 1.76. The first-order valence-corrected chi connectivity index (χ1v) is 11.3. The Labute approximate surface area is 199 Å². The Hall–Kier alpha value is -4.50. The molecule has 7 aromatic rings. The van der Waals surface area contributed by atoms with Gasteiger partial charge in [-0.1, -0.05) is 78.9 Å². The van der Waals surface area contributed by atoms with E-state index in [1.54, 1.807) is 30.6 Å². The molecule has 3 aromatic heterocycles. The predicted molar refractivity (Wildman–Crippen MR) is 139 cm³/mol. The summed E-state index contributed by atoms with van der Waals surface area (Å²) in [5.41, 5.74) is 4.04. The van der Waals surface area contributed by atoms with Gasteiger partial charge in [0.15, 0.2) is 0 Å². The van der Waals surface area contributed by atoms with Gasteiger partial charge in [-0.2, -0.15) is 0 Å². The van der Waals surface area contributed by atoms with Crippen molar-refractivity contribution in [3.63, 3.8) is 0 Å². The highest BCUT2D eigenvalue weighted by molar-refractivity contribution is 6.30. The van der Waals surface area contributed by atoms with Crippen molar-refractivity contribution in [2.45, 2.75) is 6.37 Å². The van der Waals surface area contributed by atoms with Crippen molar-refractivity contribution in [1.82, 2.24) is 9.97 Å². The smallest absolute Gasteiger partial charge is 0.227 e. The molecule has 0 radical (unpaired) electrons. The molecule has 0 saturated heterocycles. The second-order valence-corrected chi connectivity index (χ2v) is 8.39. The van der Waals surface area contributed by atoms with Crippen LogP contribution in [-0.2, 0) is 6.37 Å². The number of hydrogen-bond donors (Lipinski definition) is 0. The molecule has 0 aliphatic heterocycles. The summed E-state index contributed by atoms with van der Waals surface area (Å²) in [7, 11) is 0. The Balaban J connectivity index is 1.46. The summed E-state index contributed by atoms with van der Waals surface area (Å²) in [5, 5.41) is 6.45. The fourth-order valence-corrected chi connectivity index (χ4v) is 4.79. The molecule has 0 aliphatic carbocycles. The van der Waals surface area contributed by atoms with Crippen molar-refractivity contribution in [2.75, 3.05) is 0 Å². The van der Waals surface area contributed by atoms with E-state index >= 15 is 0 Å². The monoisotopic (exact) mass is 438 g/mol. The van der Waals surface area contributed by atoms with E-state index in [2.05, 4.69) is 46.4 Å². The summed E-state index contributed by atoms with van der Waals surface area (Å²) in [5.74, 6) is 0. The maximum atomic E-state index is 8.76. The average Bonchev–Trinajstić information content (AvgIpc) is 3.33. The van der Waals surface area contributed by atoms with Gasteiger partial charge in [0.05, 0.1) is 5.69 Å². The number of fused-ring (bicyclic) bond motifs is 8. The van der Waals surface area contributed by atoms with Crippen molar-refractivity contribution in [1.29, 1.82) is 0 Å². The molecule has 7 rings (SSSR count). The minimum Gasteiger partial charge on any atom is -0.437 e. The fraction of sp³-hybridized carbons (Fsp3) is 0.0323. The maximum absolute atomic E-state index is 8.76. The van der Waals surface area contributed by atoms with Crippen molar-refractivity contribution in [3.05, 3.63) is 121 Å². The SMILES string of the molecule is [2H]C([2H])(c1ccccc1)c1ccnc(-c2cnc3oc4c5ccccc5c5ccccc5c4c3c2)c1. The van der Waals surface area contributed by atoms with Crippen LogP contribution in [0.15, 0.2) is 114 Å². The van der Waals surface area contributed by atoms with E-state index in [0.29, 0.717) is 22.5 Å². The highest BCUT2D eigenvalue weighted by Gasteiger charge is 2.17. The minimum absolute atomic E-state index is 0.548. The Kier molecular flexibility index (Phi) is 3.77.